The zero-order valence-electron chi connectivity index (χ0n) is 11.5. The summed E-state index contributed by atoms with van der Waals surface area (Å²) >= 11 is 1.90. The third-order valence-electron chi connectivity index (χ3n) is 2.79. The van der Waals surface area contributed by atoms with Crippen LogP contribution in [0.15, 0.2) is 36.4 Å². The molecule has 96 valence electrons. The molecule has 18 heavy (non-hydrogen) atoms. The Balaban J connectivity index is 2.39. The fraction of sp³-hybridized carbons (Fsp3) is 0.375. The fourth-order valence-electron chi connectivity index (χ4n) is 2.00. The van der Waals surface area contributed by atoms with E-state index in [1.54, 1.807) is 0 Å². The minimum atomic E-state index is 0.473. The number of anilines is 1. The topological polar surface area (TPSA) is 12.0 Å². The summed E-state index contributed by atoms with van der Waals surface area (Å²) in [6, 6.07) is 13.4. The Bertz CT molecular complexity index is 497. The van der Waals surface area contributed by atoms with Gasteiger partial charge in [-0.1, -0.05) is 44.2 Å². The van der Waals surface area contributed by atoms with E-state index in [9.17, 15) is 0 Å². The van der Waals surface area contributed by atoms with Crippen LogP contribution in [-0.4, -0.2) is 6.04 Å². The summed E-state index contributed by atoms with van der Waals surface area (Å²) in [6.07, 6.45) is 0. The molecular weight excluding hydrogens is 238 g/mol. The first-order valence-corrected chi connectivity index (χ1v) is 7.35. The number of rotatable bonds is 4. The molecule has 2 aromatic rings. The molecule has 0 saturated carbocycles. The summed E-state index contributed by atoms with van der Waals surface area (Å²) in [4.78, 5) is 2.80. The molecule has 0 spiro atoms. The first kappa shape index (κ1) is 13.2. The van der Waals surface area contributed by atoms with E-state index in [2.05, 4.69) is 69.4 Å². The number of hydrogen-bond donors (Lipinski definition) is 1. The monoisotopic (exact) mass is 259 g/mol. The van der Waals surface area contributed by atoms with Crippen LogP contribution in [-0.2, 0) is 0 Å². The van der Waals surface area contributed by atoms with Crippen LogP contribution in [0.4, 0.5) is 5.69 Å². The van der Waals surface area contributed by atoms with Gasteiger partial charge in [-0.2, -0.15) is 0 Å². The Labute approximate surface area is 114 Å². The number of thiophene rings is 1. The van der Waals surface area contributed by atoms with E-state index >= 15 is 0 Å². The van der Waals surface area contributed by atoms with E-state index < -0.39 is 0 Å². The average molecular weight is 259 g/mol. The molecule has 1 N–H and O–H groups in total. The van der Waals surface area contributed by atoms with Crippen LogP contribution in [0.1, 0.15) is 38.5 Å². The van der Waals surface area contributed by atoms with Crippen LogP contribution in [0.3, 0.4) is 0 Å². The van der Waals surface area contributed by atoms with Gasteiger partial charge in [0.05, 0.1) is 0 Å². The highest BCUT2D eigenvalue weighted by molar-refractivity contribution is 7.16. The summed E-state index contributed by atoms with van der Waals surface area (Å²) in [5, 5.41) is 3.56. The quantitative estimate of drug-likeness (QED) is 0.779. The SMILES string of the molecule is CC(C)Nc1cc(-c2ccccc2)sc1C(C)C. The van der Waals surface area contributed by atoms with Gasteiger partial charge in [0.2, 0.25) is 0 Å². The number of hydrogen-bond acceptors (Lipinski definition) is 2. The van der Waals surface area contributed by atoms with E-state index in [1.807, 2.05) is 11.3 Å². The Morgan fingerprint density at radius 3 is 2.22 bits per heavy atom. The van der Waals surface area contributed by atoms with E-state index in [1.165, 1.54) is 21.0 Å². The first-order valence-electron chi connectivity index (χ1n) is 6.53. The molecule has 0 unspecified atom stereocenters. The van der Waals surface area contributed by atoms with Crippen molar-refractivity contribution in [2.45, 2.75) is 39.7 Å². The van der Waals surface area contributed by atoms with E-state index in [0.29, 0.717) is 12.0 Å². The van der Waals surface area contributed by atoms with Crippen LogP contribution in [0, 0.1) is 0 Å². The molecule has 0 bridgehead atoms. The van der Waals surface area contributed by atoms with Gasteiger partial charge >= 0.3 is 0 Å². The van der Waals surface area contributed by atoms with Crippen LogP contribution in [0.25, 0.3) is 10.4 Å². The molecule has 0 fully saturated rings. The third-order valence-corrected chi connectivity index (χ3v) is 4.27. The van der Waals surface area contributed by atoms with Gasteiger partial charge in [-0.05, 0) is 31.4 Å². The predicted molar refractivity (Wildman–Crippen MR) is 82.6 cm³/mol. The molecule has 0 aliphatic carbocycles. The predicted octanol–water partition coefficient (Wildman–Crippen LogP) is 5.36. The highest BCUT2D eigenvalue weighted by Gasteiger charge is 2.13. The van der Waals surface area contributed by atoms with Crippen LogP contribution in [0.5, 0.6) is 0 Å². The van der Waals surface area contributed by atoms with Crippen LogP contribution in [0.2, 0.25) is 0 Å². The third kappa shape index (κ3) is 2.94. The highest BCUT2D eigenvalue weighted by atomic mass is 32.1. The molecular formula is C16H21NS. The molecule has 0 saturated heterocycles. The van der Waals surface area contributed by atoms with Crippen molar-refractivity contribution in [1.29, 1.82) is 0 Å². The maximum atomic E-state index is 3.56. The number of nitrogens with one attached hydrogen (secondary N) is 1. The Morgan fingerprint density at radius 1 is 1.00 bits per heavy atom. The summed E-state index contributed by atoms with van der Waals surface area (Å²) in [5.74, 6) is 0.564. The van der Waals surface area contributed by atoms with Crippen molar-refractivity contribution in [3.63, 3.8) is 0 Å². The molecule has 0 radical (unpaired) electrons. The molecule has 1 heterocycles. The van der Waals surface area contributed by atoms with E-state index in [-0.39, 0.29) is 0 Å². The van der Waals surface area contributed by atoms with Crippen molar-refractivity contribution in [2.75, 3.05) is 5.32 Å². The zero-order chi connectivity index (χ0) is 13.1. The lowest BCUT2D eigenvalue weighted by atomic mass is 10.1. The van der Waals surface area contributed by atoms with Crippen molar-refractivity contribution < 1.29 is 0 Å². The largest absolute Gasteiger partial charge is 0.382 e. The van der Waals surface area contributed by atoms with Crippen molar-refractivity contribution in [1.82, 2.24) is 0 Å². The molecule has 1 aromatic heterocycles. The molecule has 0 aliphatic heterocycles. The van der Waals surface area contributed by atoms with Crippen LogP contribution >= 0.6 is 11.3 Å². The molecule has 0 amide bonds. The van der Waals surface area contributed by atoms with Gasteiger partial charge in [-0.25, -0.2) is 0 Å². The van der Waals surface area contributed by atoms with Gasteiger partial charge in [-0.3, -0.25) is 0 Å². The van der Waals surface area contributed by atoms with Crippen LogP contribution < -0.4 is 5.32 Å². The molecule has 0 aliphatic rings. The maximum absolute atomic E-state index is 3.56. The second kappa shape index (κ2) is 5.57. The van der Waals surface area contributed by atoms with E-state index in [4.69, 9.17) is 0 Å². The van der Waals surface area contributed by atoms with Gasteiger partial charge in [0, 0.05) is 21.5 Å². The summed E-state index contributed by atoms with van der Waals surface area (Å²) in [5.41, 5.74) is 2.60. The average Bonchev–Trinajstić information content (AvgIpc) is 2.73. The summed E-state index contributed by atoms with van der Waals surface area (Å²) < 4.78 is 0. The second-order valence-electron chi connectivity index (χ2n) is 5.21. The smallest absolute Gasteiger partial charge is 0.0492 e. The van der Waals surface area contributed by atoms with Gasteiger partial charge in [0.25, 0.3) is 0 Å². The molecule has 2 rings (SSSR count). The molecule has 1 nitrogen and oxygen atoms in total. The first-order chi connectivity index (χ1) is 8.58. The summed E-state index contributed by atoms with van der Waals surface area (Å²) in [6.45, 7) is 8.88. The molecule has 0 atom stereocenters. The lowest BCUT2D eigenvalue weighted by Crippen LogP contribution is -2.10. The van der Waals surface area contributed by atoms with Crippen molar-refractivity contribution in [3.8, 4) is 10.4 Å². The molecule has 1 aromatic carbocycles. The Kier molecular flexibility index (Phi) is 4.07. The minimum Gasteiger partial charge on any atom is -0.382 e. The standard InChI is InChI=1S/C16H21NS/c1-11(2)16-14(17-12(3)4)10-15(18-16)13-8-6-5-7-9-13/h5-12,17H,1-4H3. The Morgan fingerprint density at radius 2 is 1.67 bits per heavy atom. The van der Waals surface area contributed by atoms with Crippen molar-refractivity contribution in [3.05, 3.63) is 41.3 Å². The Hall–Kier alpha value is -1.28. The van der Waals surface area contributed by atoms with Gasteiger partial charge in [0.15, 0.2) is 0 Å². The maximum Gasteiger partial charge on any atom is 0.0492 e. The fourth-order valence-corrected chi connectivity index (χ4v) is 3.13. The zero-order valence-corrected chi connectivity index (χ0v) is 12.3. The lowest BCUT2D eigenvalue weighted by molar-refractivity contribution is 0.864. The van der Waals surface area contributed by atoms with E-state index in [0.717, 1.165) is 0 Å². The van der Waals surface area contributed by atoms with Gasteiger partial charge in [-0.15, -0.1) is 11.3 Å². The number of benzene rings is 1. The highest BCUT2D eigenvalue weighted by Crippen LogP contribution is 2.39. The van der Waals surface area contributed by atoms with Crippen molar-refractivity contribution in [2.24, 2.45) is 0 Å². The second-order valence-corrected chi connectivity index (χ2v) is 6.29. The van der Waals surface area contributed by atoms with Gasteiger partial charge < -0.3 is 5.32 Å². The van der Waals surface area contributed by atoms with Crippen molar-refractivity contribution >= 4 is 17.0 Å². The normalized spacial score (nSPS) is 11.2. The summed E-state index contributed by atoms with van der Waals surface area (Å²) in [7, 11) is 0. The molecule has 2 heteroatoms. The van der Waals surface area contributed by atoms with Gasteiger partial charge in [0.1, 0.15) is 0 Å². The lowest BCUT2D eigenvalue weighted by Gasteiger charge is -2.12. The minimum absolute atomic E-state index is 0.473.